The number of hydrogen-bond acceptors (Lipinski definition) is 18. The number of primary amides is 2. The van der Waals surface area contributed by atoms with Crippen molar-refractivity contribution in [1.82, 2.24) is 53.6 Å². The third-order valence-electron chi connectivity index (χ3n) is 13.5. The van der Waals surface area contributed by atoms with Crippen LogP contribution in [0.2, 0.25) is 0 Å². The number of carboxylic acid groups (broad SMARTS) is 1. The quantitative estimate of drug-likeness (QED) is 0.0435. The Morgan fingerprint density at radius 3 is 2.30 bits per heavy atom. The molecule has 2 fully saturated rings. The van der Waals surface area contributed by atoms with Crippen molar-refractivity contribution in [3.63, 3.8) is 0 Å². The van der Waals surface area contributed by atoms with Crippen LogP contribution in [-0.4, -0.2) is 151 Å². The number of rotatable bonds is 23. The van der Waals surface area contributed by atoms with Gasteiger partial charge in [0, 0.05) is 86.0 Å². The highest BCUT2D eigenvalue weighted by molar-refractivity contribution is 8.00. The first-order valence-corrected chi connectivity index (χ1v) is 27.9. The molecule has 2 aliphatic heterocycles. The number of benzene rings is 2. The zero-order valence-corrected chi connectivity index (χ0v) is 47.0. The summed E-state index contributed by atoms with van der Waals surface area (Å²) in [5.74, 6) is -1.86. The number of imide groups is 1. The van der Waals surface area contributed by atoms with Gasteiger partial charge in [-0.15, -0.1) is 23.1 Å². The van der Waals surface area contributed by atoms with Crippen molar-refractivity contribution in [1.29, 1.82) is 0 Å². The summed E-state index contributed by atoms with van der Waals surface area (Å²) in [6.45, 7) is 13.3. The number of aryl methyl sites for hydroxylation is 4. The van der Waals surface area contributed by atoms with Gasteiger partial charge in [0.25, 0.3) is 5.91 Å². The minimum atomic E-state index is -1.20. The maximum atomic E-state index is 13.8. The Morgan fingerprint density at radius 1 is 0.925 bits per heavy atom. The first-order valence-electron chi connectivity index (χ1n) is 26.1. The number of likely N-dealkylation sites (tertiary alicyclic amines) is 2. The number of amides is 6. The molecule has 6 amide bonds. The number of thiazole rings is 1. The zero-order valence-electron chi connectivity index (χ0n) is 45.3. The van der Waals surface area contributed by atoms with Gasteiger partial charge >= 0.3 is 5.97 Å². The summed E-state index contributed by atoms with van der Waals surface area (Å²) in [5.41, 5.74) is 20.1. The molecule has 2 aromatic carbocycles. The lowest BCUT2D eigenvalue weighted by molar-refractivity contribution is -0.142. The van der Waals surface area contributed by atoms with E-state index in [9.17, 15) is 33.6 Å². The van der Waals surface area contributed by atoms with Crippen LogP contribution in [0.1, 0.15) is 93.9 Å². The van der Waals surface area contributed by atoms with Crippen molar-refractivity contribution in [3.8, 4) is 23.1 Å². The Morgan fingerprint density at radius 2 is 1.62 bits per heavy atom. The second-order valence-corrected chi connectivity index (χ2v) is 21.2. The molecule has 9 rings (SSSR count). The summed E-state index contributed by atoms with van der Waals surface area (Å²) < 4.78 is 17.7. The van der Waals surface area contributed by atoms with Crippen molar-refractivity contribution < 1.29 is 48.1 Å². The molecular formula is C53H63N15O10S2. The molecule has 80 heavy (non-hydrogen) atoms. The number of aromatic nitrogens is 9. The number of carboxylic acids is 1. The van der Waals surface area contributed by atoms with Gasteiger partial charge in [0.1, 0.15) is 39.4 Å². The van der Waals surface area contributed by atoms with Crippen molar-refractivity contribution >= 4 is 103 Å². The number of carbonyl (C=O) groups is 7. The molecule has 2 aliphatic rings. The molecule has 7 aromatic rings. The van der Waals surface area contributed by atoms with Crippen LogP contribution in [0.4, 0.5) is 5.95 Å². The van der Waals surface area contributed by atoms with Crippen molar-refractivity contribution in [2.45, 2.75) is 98.2 Å². The van der Waals surface area contributed by atoms with E-state index in [-0.39, 0.29) is 73.7 Å². The first kappa shape index (κ1) is 57.9. The summed E-state index contributed by atoms with van der Waals surface area (Å²) >= 11 is 2.30. The summed E-state index contributed by atoms with van der Waals surface area (Å²) in [6, 6.07) is 5.15. The summed E-state index contributed by atoms with van der Waals surface area (Å²) in [7, 11) is 1.46. The number of nitrogens with one attached hydrogen (secondary N) is 1. The highest BCUT2D eigenvalue weighted by atomic mass is 32.2. The number of carbonyl (C=O) groups excluding carboxylic acids is 6. The average Bonchev–Trinajstić information content (AvgIpc) is 4.43. The van der Waals surface area contributed by atoms with Gasteiger partial charge in [-0.25, -0.2) is 29.6 Å². The summed E-state index contributed by atoms with van der Waals surface area (Å²) in [5, 5.41) is 17.7. The highest BCUT2D eigenvalue weighted by Crippen LogP contribution is 2.38. The van der Waals surface area contributed by atoms with Crippen molar-refractivity contribution in [2.75, 3.05) is 44.4 Å². The van der Waals surface area contributed by atoms with E-state index < -0.39 is 46.8 Å². The average molecular weight is 1130 g/mol. The largest absolute Gasteiger partial charge is 0.494 e. The second-order valence-electron chi connectivity index (χ2n) is 18.7. The molecule has 0 bridgehead atoms. The number of methoxy groups -OCH3 is 1. The predicted octanol–water partition coefficient (Wildman–Crippen LogP) is 4.48. The lowest BCUT2D eigenvalue weighted by atomic mass is 9.96. The topological polar surface area (TPSA) is 347 Å². The van der Waals surface area contributed by atoms with Gasteiger partial charge in [0.15, 0.2) is 11.6 Å². The number of aliphatic carboxylic acids is 1. The van der Waals surface area contributed by atoms with Crippen LogP contribution in [-0.2, 0) is 45.2 Å². The number of imidazole rings is 1. The van der Waals surface area contributed by atoms with Crippen LogP contribution in [0.5, 0.6) is 11.5 Å². The number of nitrogens with two attached hydrogens (primary N) is 3. The number of ether oxygens (including phenoxy) is 2. The number of anilines is 1. The van der Waals surface area contributed by atoms with Crippen molar-refractivity contribution in [2.24, 2.45) is 23.1 Å². The van der Waals surface area contributed by atoms with Crippen LogP contribution < -0.4 is 32.0 Å². The first-order chi connectivity index (χ1) is 38.4. The van der Waals surface area contributed by atoms with Crippen LogP contribution in [0.3, 0.4) is 0 Å². The van der Waals surface area contributed by atoms with Crippen LogP contribution in [0.25, 0.3) is 44.6 Å². The molecule has 2 saturated heterocycles. The number of thioether (sulfide) groups is 1. The molecule has 2 atom stereocenters. The minimum absolute atomic E-state index is 0.0285. The van der Waals surface area contributed by atoms with E-state index in [0.29, 0.717) is 105 Å². The molecule has 7 heterocycles. The standard InChI is InChI=1S/C51H57N15O10S2.C2H6/c1-6-33-42(78-26(4)57-33)48(71)60-51-58-34-17-29(44(54)70)18-35(75-5)41(34)65(51)13-9-8-12-64-40-30(31-21-55-45(59-46(31)64)47-56-25(3)61-66(47)7-2)16-28(43(53)69)19-36(40)76-15-11-27-22-62(23-27)38(67)10-14-63-39(68)20-37(49(63)72)77-24-32(52)50(73)74;1-2/h8-9,16-19,21,27,32,37H,6-7,10-15,20,22-24,52H2,1-5H3,(H2,53,69)(H2,54,70)(H,73,74)(H,58,60,71);1-2H3/b9-8+;. The number of fused-ring (bicyclic) bond motifs is 4. The zero-order chi connectivity index (χ0) is 57.7. The fourth-order valence-electron chi connectivity index (χ4n) is 9.52. The van der Waals surface area contributed by atoms with Gasteiger partial charge in [-0.05, 0) is 63.8 Å². The van der Waals surface area contributed by atoms with E-state index in [1.807, 2.05) is 51.3 Å². The van der Waals surface area contributed by atoms with E-state index in [0.717, 1.165) is 21.7 Å². The monoisotopic (exact) mass is 1130 g/mol. The molecule has 2 unspecified atom stereocenters. The Labute approximate surface area is 467 Å². The number of nitrogens with zero attached hydrogens (tertiary/aromatic N) is 11. The summed E-state index contributed by atoms with van der Waals surface area (Å²) in [6.07, 6.45) is 6.39. The van der Waals surface area contributed by atoms with Gasteiger partial charge in [0.05, 0.1) is 40.7 Å². The fraction of sp³-hybridized carbons (Fsp3) is 0.415. The minimum Gasteiger partial charge on any atom is -0.494 e. The van der Waals surface area contributed by atoms with Gasteiger partial charge in [-0.2, -0.15) is 5.10 Å². The van der Waals surface area contributed by atoms with E-state index in [1.54, 1.807) is 39.4 Å². The molecule has 5 aromatic heterocycles. The predicted molar refractivity (Wildman–Crippen MR) is 300 cm³/mol. The van der Waals surface area contributed by atoms with Gasteiger partial charge in [-0.1, -0.05) is 32.9 Å². The lowest BCUT2D eigenvalue weighted by Gasteiger charge is -2.39. The highest BCUT2D eigenvalue weighted by Gasteiger charge is 2.40. The fourth-order valence-corrected chi connectivity index (χ4v) is 11.5. The maximum Gasteiger partial charge on any atom is 0.321 e. The van der Waals surface area contributed by atoms with Gasteiger partial charge < -0.3 is 45.8 Å². The van der Waals surface area contributed by atoms with E-state index in [4.69, 9.17) is 46.7 Å². The Kier molecular flexibility index (Phi) is 17.9. The number of allylic oxidation sites excluding steroid dienone is 2. The van der Waals surface area contributed by atoms with E-state index in [2.05, 4.69) is 20.4 Å². The molecule has 8 N–H and O–H groups in total. The van der Waals surface area contributed by atoms with Crippen molar-refractivity contribution in [3.05, 3.63) is 75.1 Å². The molecule has 422 valence electrons. The smallest absolute Gasteiger partial charge is 0.321 e. The van der Waals surface area contributed by atoms with Crippen LogP contribution >= 0.6 is 23.1 Å². The molecule has 0 saturated carbocycles. The molecular weight excluding hydrogens is 1070 g/mol. The van der Waals surface area contributed by atoms with Gasteiger partial charge in [0.2, 0.25) is 35.5 Å². The molecule has 0 spiro atoms. The Hall–Kier alpha value is -8.30. The summed E-state index contributed by atoms with van der Waals surface area (Å²) in [4.78, 5) is 116. The lowest BCUT2D eigenvalue weighted by Crippen LogP contribution is -2.51. The van der Waals surface area contributed by atoms with E-state index in [1.165, 1.54) is 30.6 Å². The third-order valence-corrected chi connectivity index (χ3v) is 15.8. The Balaban J connectivity index is 0.00000416. The Bertz CT molecular complexity index is 3600. The molecule has 27 heteroatoms. The molecule has 0 radical (unpaired) electrons. The normalized spacial score (nSPS) is 15.0. The SMILES string of the molecule is CC.CCc1nc(C)sc1C(=O)Nc1nc2cc(C(N)=O)cc(OC)c2n1C/C=C/Cn1c2nc(-c3nc(C)nn3CC)ncc2c2cc(C(N)=O)cc(OCCC3CN(C(=O)CCN4C(=O)CC(SCC(N)C(=O)O)C4=O)C3)c21. The van der Waals surface area contributed by atoms with E-state index >= 15 is 0 Å². The maximum absolute atomic E-state index is 13.8. The van der Waals surface area contributed by atoms with Gasteiger partial charge in [-0.3, -0.25) is 43.8 Å². The number of hydrogen-bond donors (Lipinski definition) is 5. The van der Waals surface area contributed by atoms with Crippen LogP contribution in [0, 0.1) is 19.8 Å². The second kappa shape index (κ2) is 24.8. The van der Waals surface area contributed by atoms with Crippen LogP contribution in [0.15, 0.2) is 42.6 Å². The third kappa shape index (κ3) is 12.0. The molecule has 25 nitrogen and oxygen atoms in total. The molecule has 0 aliphatic carbocycles.